The molecule has 1 N–H and O–H groups in total. The average Bonchev–Trinajstić information content (AvgIpc) is 2.48. The van der Waals surface area contributed by atoms with Gasteiger partial charge in [0.1, 0.15) is 5.82 Å². The molecule has 0 aliphatic heterocycles. The third-order valence-corrected chi connectivity index (χ3v) is 4.14. The number of nitrogens with one attached hydrogen (secondary N) is 1. The molecule has 0 aromatic heterocycles. The Bertz CT molecular complexity index is 448. The molecule has 0 spiro atoms. The van der Waals surface area contributed by atoms with Crippen LogP contribution in [-0.4, -0.2) is 18.6 Å². The summed E-state index contributed by atoms with van der Waals surface area (Å²) in [7, 11) is 1.25. The Morgan fingerprint density at radius 1 is 1.25 bits per heavy atom. The summed E-state index contributed by atoms with van der Waals surface area (Å²) in [5.74, 6) is -1.18. The maximum absolute atomic E-state index is 13.8. The molecular weight excluding hydrogens is 257 g/mol. The number of esters is 1. The van der Waals surface area contributed by atoms with Gasteiger partial charge in [-0.2, -0.15) is 0 Å². The van der Waals surface area contributed by atoms with Crippen molar-refractivity contribution in [3.63, 3.8) is 0 Å². The second-order valence-electron chi connectivity index (χ2n) is 5.00. The molecule has 0 radical (unpaired) electrons. The molecule has 112 valence electrons. The molecule has 4 heteroatoms. The summed E-state index contributed by atoms with van der Waals surface area (Å²) in [6, 6.07) is 4.63. The van der Waals surface area contributed by atoms with E-state index in [1.54, 1.807) is 6.07 Å². The molecule has 1 aromatic rings. The SMILES string of the molecule is CCC(CC)(CC)NCc1ccc(C(=O)OC)c(F)c1. The summed E-state index contributed by atoms with van der Waals surface area (Å²) in [5.41, 5.74) is 0.899. The van der Waals surface area contributed by atoms with Gasteiger partial charge in [0.2, 0.25) is 0 Å². The fraction of sp³-hybridized carbons (Fsp3) is 0.562. The fourth-order valence-corrected chi connectivity index (χ4v) is 2.36. The van der Waals surface area contributed by atoms with Crippen molar-refractivity contribution in [3.8, 4) is 0 Å². The first-order valence-electron chi connectivity index (χ1n) is 7.13. The summed E-state index contributed by atoms with van der Waals surface area (Å²) in [6.45, 7) is 7.05. The van der Waals surface area contributed by atoms with E-state index in [1.807, 2.05) is 0 Å². The van der Waals surface area contributed by atoms with E-state index < -0.39 is 11.8 Å². The molecule has 0 saturated heterocycles. The molecule has 0 atom stereocenters. The molecule has 0 fully saturated rings. The van der Waals surface area contributed by atoms with Crippen LogP contribution < -0.4 is 5.32 Å². The zero-order valence-corrected chi connectivity index (χ0v) is 12.8. The number of benzene rings is 1. The molecule has 0 heterocycles. The molecule has 0 bridgehead atoms. The molecule has 0 amide bonds. The van der Waals surface area contributed by atoms with Crippen molar-refractivity contribution in [3.05, 3.63) is 35.1 Å². The summed E-state index contributed by atoms with van der Waals surface area (Å²) >= 11 is 0. The van der Waals surface area contributed by atoms with E-state index in [2.05, 4.69) is 30.8 Å². The van der Waals surface area contributed by atoms with Crippen LogP contribution in [-0.2, 0) is 11.3 Å². The normalized spacial score (nSPS) is 11.4. The van der Waals surface area contributed by atoms with Gasteiger partial charge in [0.05, 0.1) is 12.7 Å². The van der Waals surface area contributed by atoms with Gasteiger partial charge in [-0.25, -0.2) is 9.18 Å². The Morgan fingerprint density at radius 3 is 2.30 bits per heavy atom. The van der Waals surface area contributed by atoms with Crippen molar-refractivity contribution in [1.82, 2.24) is 5.32 Å². The third-order valence-electron chi connectivity index (χ3n) is 4.14. The second-order valence-corrected chi connectivity index (χ2v) is 5.00. The Balaban J connectivity index is 2.80. The first kappa shape index (κ1) is 16.6. The predicted octanol–water partition coefficient (Wildman–Crippen LogP) is 3.67. The van der Waals surface area contributed by atoms with Crippen molar-refractivity contribution in [1.29, 1.82) is 0 Å². The van der Waals surface area contributed by atoms with E-state index in [9.17, 15) is 9.18 Å². The Hall–Kier alpha value is -1.42. The van der Waals surface area contributed by atoms with Crippen molar-refractivity contribution < 1.29 is 13.9 Å². The van der Waals surface area contributed by atoms with Gasteiger partial charge in [0.15, 0.2) is 0 Å². The second kappa shape index (κ2) is 7.39. The van der Waals surface area contributed by atoms with Crippen LogP contribution in [0.5, 0.6) is 0 Å². The Labute approximate surface area is 120 Å². The molecule has 1 aromatic carbocycles. The number of methoxy groups -OCH3 is 1. The van der Waals surface area contributed by atoms with E-state index in [0.717, 1.165) is 24.8 Å². The molecule has 3 nitrogen and oxygen atoms in total. The topological polar surface area (TPSA) is 38.3 Å². The molecule has 0 saturated carbocycles. The molecule has 0 aliphatic carbocycles. The van der Waals surface area contributed by atoms with E-state index in [0.29, 0.717) is 6.54 Å². The molecule has 0 aliphatic rings. The minimum Gasteiger partial charge on any atom is -0.465 e. The van der Waals surface area contributed by atoms with Crippen LogP contribution >= 0.6 is 0 Å². The number of carbonyl (C=O) groups is 1. The first-order chi connectivity index (χ1) is 9.51. The minimum absolute atomic E-state index is 0.0241. The summed E-state index contributed by atoms with van der Waals surface area (Å²) in [4.78, 5) is 11.3. The first-order valence-corrected chi connectivity index (χ1v) is 7.13. The van der Waals surface area contributed by atoms with Crippen LogP contribution in [0, 0.1) is 5.82 Å². The highest BCUT2D eigenvalue weighted by molar-refractivity contribution is 5.89. The zero-order valence-electron chi connectivity index (χ0n) is 12.8. The van der Waals surface area contributed by atoms with Crippen LogP contribution in [0.25, 0.3) is 0 Å². The highest BCUT2D eigenvalue weighted by Crippen LogP contribution is 2.20. The Morgan fingerprint density at radius 2 is 1.85 bits per heavy atom. The lowest BCUT2D eigenvalue weighted by Crippen LogP contribution is -2.43. The lowest BCUT2D eigenvalue weighted by molar-refractivity contribution is 0.0595. The monoisotopic (exact) mass is 281 g/mol. The number of hydrogen-bond donors (Lipinski definition) is 1. The van der Waals surface area contributed by atoms with Gasteiger partial charge in [0, 0.05) is 12.1 Å². The predicted molar refractivity (Wildman–Crippen MR) is 78.2 cm³/mol. The summed E-state index contributed by atoms with van der Waals surface area (Å²) < 4.78 is 18.4. The van der Waals surface area contributed by atoms with Crippen molar-refractivity contribution in [2.24, 2.45) is 0 Å². The van der Waals surface area contributed by atoms with E-state index in [-0.39, 0.29) is 11.1 Å². The molecule has 0 unspecified atom stereocenters. The number of carbonyl (C=O) groups excluding carboxylic acids is 1. The highest BCUT2D eigenvalue weighted by atomic mass is 19.1. The highest BCUT2D eigenvalue weighted by Gasteiger charge is 2.22. The Kier molecular flexibility index (Phi) is 6.14. The number of halogens is 1. The van der Waals surface area contributed by atoms with Crippen LogP contribution in [0.1, 0.15) is 56.0 Å². The molecule has 20 heavy (non-hydrogen) atoms. The smallest absolute Gasteiger partial charge is 0.340 e. The van der Waals surface area contributed by atoms with Crippen molar-refractivity contribution in [2.75, 3.05) is 7.11 Å². The van der Waals surface area contributed by atoms with Crippen molar-refractivity contribution >= 4 is 5.97 Å². The average molecular weight is 281 g/mol. The maximum Gasteiger partial charge on any atom is 0.340 e. The van der Waals surface area contributed by atoms with E-state index in [1.165, 1.54) is 19.2 Å². The fourth-order valence-electron chi connectivity index (χ4n) is 2.36. The van der Waals surface area contributed by atoms with Gasteiger partial charge in [-0.1, -0.05) is 26.8 Å². The largest absolute Gasteiger partial charge is 0.465 e. The number of rotatable bonds is 7. The van der Waals surface area contributed by atoms with Gasteiger partial charge >= 0.3 is 5.97 Å². The standard InChI is InChI=1S/C16H24FNO2/c1-5-16(6-2,7-3)18-11-12-8-9-13(14(17)10-12)15(19)20-4/h8-10,18H,5-7,11H2,1-4H3. The summed E-state index contributed by atoms with van der Waals surface area (Å²) in [5, 5.41) is 3.51. The van der Waals surface area contributed by atoms with Crippen molar-refractivity contribution in [2.45, 2.75) is 52.1 Å². The third kappa shape index (κ3) is 3.79. The lowest BCUT2D eigenvalue weighted by atomic mass is 9.89. The van der Waals surface area contributed by atoms with Crippen LogP contribution in [0.2, 0.25) is 0 Å². The lowest BCUT2D eigenvalue weighted by Gasteiger charge is -2.32. The number of ether oxygens (including phenoxy) is 1. The van der Waals surface area contributed by atoms with Gasteiger partial charge in [-0.15, -0.1) is 0 Å². The zero-order chi connectivity index (χ0) is 15.2. The maximum atomic E-state index is 13.8. The van der Waals surface area contributed by atoms with Gasteiger partial charge in [-0.3, -0.25) is 0 Å². The van der Waals surface area contributed by atoms with Crippen LogP contribution in [0.3, 0.4) is 0 Å². The number of hydrogen-bond acceptors (Lipinski definition) is 3. The minimum atomic E-state index is -0.646. The van der Waals surface area contributed by atoms with E-state index in [4.69, 9.17) is 0 Å². The molecule has 1 rings (SSSR count). The molecular formula is C16H24FNO2. The van der Waals surface area contributed by atoms with E-state index >= 15 is 0 Å². The van der Waals surface area contributed by atoms with Gasteiger partial charge < -0.3 is 10.1 Å². The quantitative estimate of drug-likeness (QED) is 0.775. The van der Waals surface area contributed by atoms with Gasteiger partial charge in [-0.05, 0) is 37.0 Å². The van der Waals surface area contributed by atoms with Crippen LogP contribution in [0.4, 0.5) is 4.39 Å². The van der Waals surface area contributed by atoms with Crippen LogP contribution in [0.15, 0.2) is 18.2 Å². The summed E-state index contributed by atoms with van der Waals surface area (Å²) in [6.07, 6.45) is 3.09. The van der Waals surface area contributed by atoms with Gasteiger partial charge in [0.25, 0.3) is 0 Å².